The van der Waals surface area contributed by atoms with E-state index in [1.165, 1.54) is 0 Å². The van der Waals surface area contributed by atoms with E-state index in [0.717, 1.165) is 76.5 Å². The van der Waals surface area contributed by atoms with Gasteiger partial charge in [-0.05, 0) is 47.5 Å². The lowest BCUT2D eigenvalue weighted by atomic mass is 10.0. The third-order valence-electron chi connectivity index (χ3n) is 8.40. The molecule has 3 heterocycles. The van der Waals surface area contributed by atoms with E-state index in [2.05, 4.69) is 71.3 Å². The number of fused-ring (bicyclic) bond motifs is 10. The fraction of sp³-hybridized carbons (Fsp3) is 0. The number of furan rings is 1. The van der Waals surface area contributed by atoms with Gasteiger partial charge in [0.2, 0.25) is 0 Å². The van der Waals surface area contributed by atoms with Crippen molar-refractivity contribution in [2.45, 2.75) is 0 Å². The Morgan fingerprint density at radius 2 is 1.27 bits per heavy atom. The predicted molar refractivity (Wildman–Crippen MR) is 166 cm³/mol. The van der Waals surface area contributed by atoms with Crippen molar-refractivity contribution in [2.75, 3.05) is 0 Å². The number of para-hydroxylation sites is 2. The highest BCUT2D eigenvalue weighted by Gasteiger charge is 2.42. The number of benzene rings is 6. The van der Waals surface area contributed by atoms with Crippen LogP contribution >= 0.6 is 7.14 Å². The van der Waals surface area contributed by atoms with E-state index >= 15 is 4.57 Å². The molecule has 1 unspecified atom stereocenters. The van der Waals surface area contributed by atoms with Gasteiger partial charge in [-0.3, -0.25) is 0 Å². The maximum absolute atomic E-state index is 15.5. The highest BCUT2D eigenvalue weighted by molar-refractivity contribution is 7.86. The molecule has 4 heteroatoms. The molecule has 0 amide bonds. The van der Waals surface area contributed by atoms with Crippen LogP contribution in [0.1, 0.15) is 0 Å². The Bertz CT molecular complexity index is 2360. The van der Waals surface area contributed by atoms with Crippen molar-refractivity contribution in [3.63, 3.8) is 0 Å². The second-order valence-electron chi connectivity index (χ2n) is 10.4. The summed E-state index contributed by atoms with van der Waals surface area (Å²) in [6, 6.07) is 45.6. The Morgan fingerprint density at radius 3 is 2.17 bits per heavy atom. The SMILES string of the molecule is O=P1(c2ccccc2)c2ccccc2-c2ccc3c(c21)c1ccccc1n3-c1ccc2oc3ccccc3c2c1. The van der Waals surface area contributed by atoms with Crippen LogP contribution in [-0.2, 0) is 4.57 Å². The van der Waals surface area contributed by atoms with Crippen LogP contribution < -0.4 is 15.9 Å². The van der Waals surface area contributed by atoms with E-state index in [1.54, 1.807) is 0 Å². The van der Waals surface area contributed by atoms with Crippen LogP contribution in [0.15, 0.2) is 138 Å². The first kappa shape index (κ1) is 22.0. The van der Waals surface area contributed by atoms with Crippen LogP contribution in [-0.4, -0.2) is 4.57 Å². The summed E-state index contributed by atoms with van der Waals surface area (Å²) in [4.78, 5) is 0. The van der Waals surface area contributed by atoms with Crippen LogP contribution in [0, 0.1) is 0 Å². The molecule has 1 atom stereocenters. The average Bonchev–Trinajstić information content (AvgIpc) is 3.64. The standard InChI is InChI=1S/C36H22NO2P/c38-40(24-10-2-1-3-11-24)34-17-9-6-13-26(34)27-19-20-31-35(36(27)40)28-14-4-7-15-30(28)37(31)23-18-21-33-29(22-23)25-12-5-8-16-32(25)39-33/h1-22H. The summed E-state index contributed by atoms with van der Waals surface area (Å²) < 4.78 is 24.0. The quantitative estimate of drug-likeness (QED) is 0.210. The molecule has 0 spiro atoms. The zero-order valence-electron chi connectivity index (χ0n) is 21.4. The lowest BCUT2D eigenvalue weighted by Crippen LogP contribution is -2.21. The maximum Gasteiger partial charge on any atom is 0.172 e. The molecular weight excluding hydrogens is 509 g/mol. The molecular formula is C36H22NO2P. The topological polar surface area (TPSA) is 35.1 Å². The smallest absolute Gasteiger partial charge is 0.172 e. The second kappa shape index (κ2) is 7.85. The third kappa shape index (κ3) is 2.72. The van der Waals surface area contributed by atoms with E-state index < -0.39 is 7.14 Å². The molecule has 0 N–H and O–H groups in total. The fourth-order valence-corrected chi connectivity index (χ4v) is 10.0. The number of hydrogen-bond donors (Lipinski definition) is 0. The molecule has 40 heavy (non-hydrogen) atoms. The maximum atomic E-state index is 15.5. The first-order valence-corrected chi connectivity index (χ1v) is 15.2. The number of hydrogen-bond acceptors (Lipinski definition) is 2. The van der Waals surface area contributed by atoms with Gasteiger partial charge >= 0.3 is 0 Å². The first-order valence-electron chi connectivity index (χ1n) is 13.5. The molecule has 0 fully saturated rings. The molecule has 6 aromatic carbocycles. The van der Waals surface area contributed by atoms with Crippen molar-refractivity contribution in [2.24, 2.45) is 0 Å². The van der Waals surface area contributed by atoms with Gasteiger partial charge in [-0.15, -0.1) is 0 Å². The highest BCUT2D eigenvalue weighted by atomic mass is 31.2. The summed E-state index contributed by atoms with van der Waals surface area (Å²) in [5.41, 5.74) is 7.08. The van der Waals surface area contributed by atoms with Crippen molar-refractivity contribution >= 4 is 66.8 Å². The Morgan fingerprint density at radius 1 is 0.550 bits per heavy atom. The zero-order valence-corrected chi connectivity index (χ0v) is 22.3. The molecule has 0 saturated heterocycles. The molecule has 9 rings (SSSR count). The average molecular weight is 532 g/mol. The van der Waals surface area contributed by atoms with Crippen molar-refractivity contribution < 1.29 is 8.98 Å². The number of aromatic nitrogens is 1. The number of nitrogens with zero attached hydrogens (tertiary/aromatic N) is 1. The van der Waals surface area contributed by atoms with Crippen molar-refractivity contribution in [3.05, 3.63) is 133 Å². The third-order valence-corrected chi connectivity index (χ3v) is 11.6. The van der Waals surface area contributed by atoms with Crippen molar-refractivity contribution in [3.8, 4) is 16.8 Å². The highest BCUT2D eigenvalue weighted by Crippen LogP contribution is 2.55. The summed E-state index contributed by atoms with van der Waals surface area (Å²) in [6.07, 6.45) is 0. The Kier molecular flexibility index (Phi) is 4.32. The van der Waals surface area contributed by atoms with Crippen molar-refractivity contribution in [1.82, 2.24) is 4.57 Å². The molecule has 0 aliphatic carbocycles. The minimum atomic E-state index is -3.12. The molecule has 8 aromatic rings. The van der Waals surface area contributed by atoms with Gasteiger partial charge in [-0.1, -0.05) is 97.1 Å². The second-order valence-corrected chi connectivity index (χ2v) is 13.1. The lowest BCUT2D eigenvalue weighted by Gasteiger charge is -2.17. The molecule has 1 aliphatic heterocycles. The van der Waals surface area contributed by atoms with Crippen LogP contribution in [0.2, 0.25) is 0 Å². The Balaban J connectivity index is 1.43. The van der Waals surface area contributed by atoms with Crippen LogP contribution in [0.5, 0.6) is 0 Å². The molecule has 2 aromatic heterocycles. The van der Waals surface area contributed by atoms with Gasteiger partial charge < -0.3 is 13.5 Å². The Hall–Kier alpha value is -4.85. The first-order chi connectivity index (χ1) is 19.7. The normalized spacial score (nSPS) is 16.2. The molecule has 3 nitrogen and oxygen atoms in total. The minimum Gasteiger partial charge on any atom is -0.456 e. The summed E-state index contributed by atoms with van der Waals surface area (Å²) >= 11 is 0. The molecule has 0 bridgehead atoms. The largest absolute Gasteiger partial charge is 0.456 e. The monoisotopic (exact) mass is 531 g/mol. The summed E-state index contributed by atoms with van der Waals surface area (Å²) in [7, 11) is -3.12. The zero-order chi connectivity index (χ0) is 26.4. The fourth-order valence-electron chi connectivity index (χ4n) is 6.72. The molecule has 0 saturated carbocycles. The molecule has 188 valence electrons. The minimum absolute atomic E-state index is 0.871. The van der Waals surface area contributed by atoms with Crippen LogP contribution in [0.25, 0.3) is 60.6 Å². The van der Waals surface area contributed by atoms with E-state index in [0.29, 0.717) is 0 Å². The van der Waals surface area contributed by atoms with Gasteiger partial charge in [0.15, 0.2) is 7.14 Å². The molecule has 0 radical (unpaired) electrons. The van der Waals surface area contributed by atoms with E-state index in [4.69, 9.17) is 4.42 Å². The van der Waals surface area contributed by atoms with Crippen LogP contribution in [0.4, 0.5) is 0 Å². The van der Waals surface area contributed by atoms with Gasteiger partial charge in [-0.25, -0.2) is 0 Å². The van der Waals surface area contributed by atoms with Gasteiger partial charge in [0, 0.05) is 43.1 Å². The van der Waals surface area contributed by atoms with Gasteiger partial charge in [-0.2, -0.15) is 0 Å². The van der Waals surface area contributed by atoms with Gasteiger partial charge in [0.05, 0.1) is 11.0 Å². The van der Waals surface area contributed by atoms with Gasteiger partial charge in [0.25, 0.3) is 0 Å². The summed E-state index contributed by atoms with van der Waals surface area (Å²) in [5.74, 6) is 0. The van der Waals surface area contributed by atoms with E-state index in [9.17, 15) is 0 Å². The van der Waals surface area contributed by atoms with E-state index in [1.807, 2.05) is 66.7 Å². The number of rotatable bonds is 2. The Labute approximate surface area is 230 Å². The summed E-state index contributed by atoms with van der Waals surface area (Å²) in [6.45, 7) is 0. The predicted octanol–water partition coefficient (Wildman–Crippen LogP) is 8.30. The van der Waals surface area contributed by atoms with Gasteiger partial charge in [0.1, 0.15) is 11.2 Å². The lowest BCUT2D eigenvalue weighted by molar-refractivity contribution is 0.593. The van der Waals surface area contributed by atoms with Crippen molar-refractivity contribution in [1.29, 1.82) is 0 Å². The molecule has 1 aliphatic rings. The summed E-state index contributed by atoms with van der Waals surface area (Å²) in [5, 5.41) is 7.10. The van der Waals surface area contributed by atoms with Crippen LogP contribution in [0.3, 0.4) is 0 Å². The van der Waals surface area contributed by atoms with E-state index in [-0.39, 0.29) is 0 Å².